The molecule has 4 atom stereocenters. The molecule has 0 aliphatic heterocycles. The number of nitrogens with one attached hydrogen (secondary N) is 3. The van der Waals surface area contributed by atoms with Gasteiger partial charge < -0.3 is 42.1 Å². The molecule has 0 saturated heterocycles. The molecule has 0 radical (unpaired) electrons. The second kappa shape index (κ2) is 15.4. The van der Waals surface area contributed by atoms with Gasteiger partial charge in [-0.2, -0.15) is 0 Å². The molecule has 234 valence electrons. The van der Waals surface area contributed by atoms with Crippen molar-refractivity contribution in [2.45, 2.75) is 57.3 Å². The number of nitrogens with two attached hydrogens (primary N) is 1. The number of benzene rings is 3. The van der Waals surface area contributed by atoms with Crippen LogP contribution in [0.4, 0.5) is 0 Å². The van der Waals surface area contributed by atoms with Gasteiger partial charge >= 0.3 is 5.97 Å². The molecule has 12 heteroatoms. The molecule has 0 fully saturated rings. The lowest BCUT2D eigenvalue weighted by Gasteiger charge is -2.27. The van der Waals surface area contributed by atoms with Gasteiger partial charge in [-0.05, 0) is 65.4 Å². The number of carbonyl (C=O) groups is 4. The molecule has 44 heavy (non-hydrogen) atoms. The van der Waals surface area contributed by atoms with Crippen molar-refractivity contribution >= 4 is 23.7 Å². The van der Waals surface area contributed by atoms with Crippen LogP contribution in [0.5, 0.6) is 17.2 Å². The second-order valence-corrected chi connectivity index (χ2v) is 10.9. The van der Waals surface area contributed by atoms with E-state index in [0.29, 0.717) is 16.7 Å². The van der Waals surface area contributed by atoms with Crippen molar-refractivity contribution in [3.05, 3.63) is 89.5 Å². The van der Waals surface area contributed by atoms with E-state index >= 15 is 0 Å². The lowest BCUT2D eigenvalue weighted by molar-refractivity contribution is -0.142. The Morgan fingerprint density at radius 3 is 1.39 bits per heavy atom. The van der Waals surface area contributed by atoms with Crippen LogP contribution in [0, 0.1) is 5.92 Å². The van der Waals surface area contributed by atoms with Crippen molar-refractivity contribution in [2.24, 2.45) is 11.7 Å². The Balaban J connectivity index is 1.75. The van der Waals surface area contributed by atoms with Gasteiger partial charge in [0.1, 0.15) is 35.4 Å². The molecule has 0 spiro atoms. The lowest BCUT2D eigenvalue weighted by Crippen LogP contribution is -2.59. The smallest absolute Gasteiger partial charge is 0.326 e. The Morgan fingerprint density at radius 1 is 0.591 bits per heavy atom. The number of aliphatic carboxylic acids is 1. The first-order valence-electron chi connectivity index (χ1n) is 14.1. The molecule has 3 aromatic carbocycles. The van der Waals surface area contributed by atoms with Gasteiger partial charge in [-0.1, -0.05) is 50.2 Å². The predicted octanol–water partition coefficient (Wildman–Crippen LogP) is 1.35. The number of aromatic hydroxyl groups is 3. The number of carboxylic acid groups (broad SMARTS) is 1. The molecular weight excluding hydrogens is 568 g/mol. The molecule has 0 aromatic heterocycles. The number of carbonyl (C=O) groups excluding carboxylic acids is 3. The van der Waals surface area contributed by atoms with Crippen LogP contribution in [0.1, 0.15) is 30.5 Å². The van der Waals surface area contributed by atoms with Crippen LogP contribution < -0.4 is 21.7 Å². The Bertz CT molecular complexity index is 1430. The van der Waals surface area contributed by atoms with Gasteiger partial charge in [-0.3, -0.25) is 14.4 Å². The van der Waals surface area contributed by atoms with E-state index in [9.17, 15) is 39.6 Å². The molecule has 0 saturated carbocycles. The Hall–Kier alpha value is -5.10. The predicted molar refractivity (Wildman–Crippen MR) is 162 cm³/mol. The highest BCUT2D eigenvalue weighted by Gasteiger charge is 2.32. The van der Waals surface area contributed by atoms with Crippen molar-refractivity contribution in [2.75, 3.05) is 0 Å². The molecule has 0 bridgehead atoms. The van der Waals surface area contributed by atoms with Gasteiger partial charge in [0.25, 0.3) is 0 Å². The first kappa shape index (κ1) is 33.4. The number of carboxylic acids is 1. The number of amides is 3. The van der Waals surface area contributed by atoms with Crippen LogP contribution in [0.2, 0.25) is 0 Å². The summed E-state index contributed by atoms with van der Waals surface area (Å²) in [5.41, 5.74) is 8.01. The summed E-state index contributed by atoms with van der Waals surface area (Å²) in [6.45, 7) is 3.36. The van der Waals surface area contributed by atoms with E-state index in [1.807, 2.05) is 0 Å². The van der Waals surface area contributed by atoms with Crippen molar-refractivity contribution in [1.82, 2.24) is 16.0 Å². The van der Waals surface area contributed by atoms with Crippen LogP contribution in [-0.4, -0.2) is 68.3 Å². The molecule has 0 aliphatic carbocycles. The third kappa shape index (κ3) is 10.0. The van der Waals surface area contributed by atoms with Crippen molar-refractivity contribution < 1.29 is 39.6 Å². The van der Waals surface area contributed by atoms with Gasteiger partial charge in [0.2, 0.25) is 17.7 Å². The fourth-order valence-electron chi connectivity index (χ4n) is 4.45. The van der Waals surface area contributed by atoms with Crippen LogP contribution in [0.3, 0.4) is 0 Å². The third-order valence-corrected chi connectivity index (χ3v) is 6.98. The van der Waals surface area contributed by atoms with E-state index < -0.39 is 53.8 Å². The Morgan fingerprint density at radius 2 is 0.977 bits per heavy atom. The largest absolute Gasteiger partial charge is 0.508 e. The standard InChI is InChI=1S/C32H38N4O8/c1-18(2)28(31(42)35-27(32(43)44)17-21-7-13-24(39)14-8-21)36-30(41)26(16-20-5-11-23(38)12-6-20)34-29(40)25(33)15-19-3-9-22(37)10-4-19/h3-14,18,25-28,37-39H,15-17,33H2,1-2H3,(H,34,40)(H,35,42)(H,36,41)(H,43,44). The summed E-state index contributed by atoms with van der Waals surface area (Å²) in [4.78, 5) is 51.9. The SMILES string of the molecule is CC(C)C(NC(=O)C(Cc1ccc(O)cc1)NC(=O)C(N)Cc1ccc(O)cc1)C(=O)NC(Cc1ccc(O)cc1)C(=O)O. The van der Waals surface area contributed by atoms with Crippen molar-refractivity contribution in [1.29, 1.82) is 0 Å². The number of hydrogen-bond donors (Lipinski definition) is 8. The van der Waals surface area contributed by atoms with E-state index in [0.717, 1.165) is 0 Å². The molecule has 9 N–H and O–H groups in total. The first-order chi connectivity index (χ1) is 20.8. The van der Waals surface area contributed by atoms with Gasteiger partial charge in [0.05, 0.1) is 6.04 Å². The van der Waals surface area contributed by atoms with Crippen LogP contribution in [0.25, 0.3) is 0 Å². The van der Waals surface area contributed by atoms with E-state index in [1.54, 1.807) is 50.2 Å². The number of phenolic OH excluding ortho intramolecular Hbond substituents is 3. The minimum Gasteiger partial charge on any atom is -0.508 e. The first-order valence-corrected chi connectivity index (χ1v) is 14.1. The average molecular weight is 607 g/mol. The summed E-state index contributed by atoms with van der Waals surface area (Å²) >= 11 is 0. The van der Waals surface area contributed by atoms with Gasteiger partial charge in [-0.15, -0.1) is 0 Å². The quantitative estimate of drug-likeness (QED) is 0.133. The highest BCUT2D eigenvalue weighted by atomic mass is 16.4. The van der Waals surface area contributed by atoms with Gasteiger partial charge in [0, 0.05) is 12.8 Å². The Labute approximate surface area is 254 Å². The highest BCUT2D eigenvalue weighted by Crippen LogP contribution is 2.15. The summed E-state index contributed by atoms with van der Waals surface area (Å²) in [5, 5.41) is 46.2. The van der Waals surface area contributed by atoms with E-state index in [4.69, 9.17) is 5.73 Å². The summed E-state index contributed by atoms with van der Waals surface area (Å²) < 4.78 is 0. The zero-order valence-corrected chi connectivity index (χ0v) is 24.4. The maximum absolute atomic E-state index is 13.6. The summed E-state index contributed by atoms with van der Waals surface area (Å²) in [6, 6.07) is 13.5. The number of phenols is 3. The van der Waals surface area contributed by atoms with Crippen LogP contribution in [0.15, 0.2) is 72.8 Å². The molecule has 3 amide bonds. The number of hydrogen-bond acceptors (Lipinski definition) is 8. The Kier molecular flexibility index (Phi) is 11.7. The minimum atomic E-state index is -1.31. The van der Waals surface area contributed by atoms with Crippen molar-refractivity contribution in [3.63, 3.8) is 0 Å². The summed E-state index contributed by atoms with van der Waals surface area (Å²) in [6.07, 6.45) is 0.0850. The molecule has 0 aliphatic rings. The van der Waals surface area contributed by atoms with Crippen LogP contribution >= 0.6 is 0 Å². The minimum absolute atomic E-state index is 0.00875. The zero-order chi connectivity index (χ0) is 32.4. The molecule has 12 nitrogen and oxygen atoms in total. The fourth-order valence-corrected chi connectivity index (χ4v) is 4.45. The fraction of sp³-hybridized carbons (Fsp3) is 0.312. The molecule has 4 unspecified atom stereocenters. The zero-order valence-electron chi connectivity index (χ0n) is 24.4. The normalized spacial score (nSPS) is 13.7. The highest BCUT2D eigenvalue weighted by molar-refractivity contribution is 5.94. The molecular formula is C32H38N4O8. The van der Waals surface area contributed by atoms with Gasteiger partial charge in [0.15, 0.2) is 0 Å². The maximum atomic E-state index is 13.6. The topological polar surface area (TPSA) is 211 Å². The summed E-state index contributed by atoms with van der Waals surface area (Å²) in [5.74, 6) is -3.67. The maximum Gasteiger partial charge on any atom is 0.326 e. The second-order valence-electron chi connectivity index (χ2n) is 10.9. The van der Waals surface area contributed by atoms with Crippen molar-refractivity contribution in [3.8, 4) is 17.2 Å². The van der Waals surface area contributed by atoms with E-state index in [-0.39, 0.29) is 36.5 Å². The summed E-state index contributed by atoms with van der Waals surface area (Å²) in [7, 11) is 0. The number of rotatable bonds is 14. The average Bonchev–Trinajstić information content (AvgIpc) is 2.98. The molecule has 3 aromatic rings. The van der Waals surface area contributed by atoms with E-state index in [2.05, 4.69) is 16.0 Å². The van der Waals surface area contributed by atoms with Gasteiger partial charge in [-0.25, -0.2) is 4.79 Å². The monoisotopic (exact) mass is 606 g/mol. The van der Waals surface area contributed by atoms with E-state index in [1.165, 1.54) is 36.4 Å². The molecule has 3 rings (SSSR count). The molecule has 0 heterocycles. The third-order valence-electron chi connectivity index (χ3n) is 6.98. The van der Waals surface area contributed by atoms with Crippen LogP contribution in [-0.2, 0) is 38.4 Å². The lowest BCUT2D eigenvalue weighted by atomic mass is 9.99.